The Hall–Kier alpha value is -2.39. The summed E-state index contributed by atoms with van der Waals surface area (Å²) in [5.41, 5.74) is 1.37. The van der Waals surface area contributed by atoms with Gasteiger partial charge in [0.25, 0.3) is 0 Å². The van der Waals surface area contributed by atoms with E-state index in [1.807, 2.05) is 4.90 Å². The Labute approximate surface area is 159 Å². The number of anilines is 1. The number of aromatic amines is 1. The van der Waals surface area contributed by atoms with Gasteiger partial charge in [-0.25, -0.2) is 19.9 Å². The van der Waals surface area contributed by atoms with E-state index in [1.54, 1.807) is 30.7 Å². The van der Waals surface area contributed by atoms with Crippen LogP contribution in [0.25, 0.3) is 11.2 Å². The number of nitrogens with zero attached hydrogens (tertiary/aromatic N) is 6. The summed E-state index contributed by atoms with van der Waals surface area (Å²) in [6.45, 7) is 2.78. The van der Waals surface area contributed by atoms with Crippen LogP contribution in [0.1, 0.15) is 0 Å². The molecule has 1 saturated heterocycles. The van der Waals surface area contributed by atoms with E-state index in [9.17, 15) is 4.79 Å². The molecule has 0 spiro atoms. The van der Waals surface area contributed by atoms with Gasteiger partial charge in [0.1, 0.15) is 0 Å². The quantitative estimate of drug-likeness (QED) is 0.681. The van der Waals surface area contributed by atoms with Crippen molar-refractivity contribution in [3.8, 4) is 0 Å². The van der Waals surface area contributed by atoms with Gasteiger partial charge in [0, 0.05) is 44.8 Å². The van der Waals surface area contributed by atoms with E-state index >= 15 is 0 Å². The molecule has 1 aliphatic heterocycles. The Morgan fingerprint density at radius 1 is 1.19 bits per heavy atom. The van der Waals surface area contributed by atoms with Gasteiger partial charge in [-0.1, -0.05) is 23.4 Å². The molecule has 26 heavy (non-hydrogen) atoms. The van der Waals surface area contributed by atoms with E-state index in [1.165, 1.54) is 11.8 Å². The number of piperazine rings is 1. The average Bonchev–Trinajstić information content (AvgIpc) is 3.09. The number of hydrogen-bond acceptors (Lipinski definition) is 7. The van der Waals surface area contributed by atoms with E-state index in [4.69, 9.17) is 11.6 Å². The van der Waals surface area contributed by atoms with Crippen molar-refractivity contribution in [2.24, 2.45) is 0 Å². The number of carbonyl (C=O) groups is 1. The maximum atomic E-state index is 12.5. The minimum absolute atomic E-state index is 0.0927. The van der Waals surface area contributed by atoms with Crippen molar-refractivity contribution >= 4 is 46.4 Å². The zero-order valence-electron chi connectivity index (χ0n) is 13.8. The SMILES string of the molecule is O=C(CSc1nc2ncc(Cl)cc2[nH]1)N1CCN(c2ncccn2)CC1. The zero-order chi connectivity index (χ0) is 17.9. The number of rotatable bonds is 4. The summed E-state index contributed by atoms with van der Waals surface area (Å²) in [6, 6.07) is 3.57. The van der Waals surface area contributed by atoms with Crippen molar-refractivity contribution in [1.29, 1.82) is 0 Å². The first-order valence-corrected chi connectivity index (χ1v) is 9.49. The number of aromatic nitrogens is 5. The van der Waals surface area contributed by atoms with Crippen LogP contribution in [0.4, 0.5) is 5.95 Å². The Kier molecular flexibility index (Phi) is 4.89. The summed E-state index contributed by atoms with van der Waals surface area (Å²) in [5, 5.41) is 1.22. The van der Waals surface area contributed by atoms with Crippen LogP contribution in [0, 0.1) is 0 Å². The Bertz CT molecular complexity index is 911. The molecule has 134 valence electrons. The first-order chi connectivity index (χ1) is 12.7. The lowest BCUT2D eigenvalue weighted by Crippen LogP contribution is -2.49. The molecule has 0 unspecified atom stereocenters. The van der Waals surface area contributed by atoms with Crippen molar-refractivity contribution in [3.63, 3.8) is 0 Å². The van der Waals surface area contributed by atoms with Crippen LogP contribution in [-0.2, 0) is 4.79 Å². The third kappa shape index (κ3) is 3.73. The number of hydrogen-bond donors (Lipinski definition) is 1. The minimum atomic E-state index is 0.0927. The molecule has 0 radical (unpaired) electrons. The lowest BCUT2D eigenvalue weighted by molar-refractivity contribution is -0.128. The number of nitrogens with one attached hydrogen (secondary N) is 1. The number of carbonyl (C=O) groups excluding carboxylic acids is 1. The van der Waals surface area contributed by atoms with E-state index in [-0.39, 0.29) is 5.91 Å². The van der Waals surface area contributed by atoms with Gasteiger partial charge in [0.2, 0.25) is 11.9 Å². The van der Waals surface area contributed by atoms with Crippen LogP contribution in [0.2, 0.25) is 5.02 Å². The van der Waals surface area contributed by atoms with E-state index in [0.29, 0.717) is 40.6 Å². The lowest BCUT2D eigenvalue weighted by Gasteiger charge is -2.34. The van der Waals surface area contributed by atoms with Gasteiger partial charge in [-0.2, -0.15) is 0 Å². The predicted octanol–water partition coefficient (Wildman–Crippen LogP) is 1.84. The Morgan fingerprint density at radius 2 is 1.96 bits per heavy atom. The monoisotopic (exact) mass is 389 g/mol. The highest BCUT2D eigenvalue weighted by molar-refractivity contribution is 7.99. The standard InChI is InChI=1S/C16H16ClN7OS/c17-11-8-12-14(20-9-11)22-16(21-12)26-10-13(25)23-4-6-24(7-5-23)15-18-2-1-3-19-15/h1-3,8-9H,4-7,10H2,(H,20,21,22). The molecule has 0 saturated carbocycles. The fraction of sp³-hybridized carbons (Fsp3) is 0.312. The Morgan fingerprint density at radius 3 is 2.73 bits per heavy atom. The molecule has 10 heteroatoms. The number of H-pyrrole nitrogens is 1. The van der Waals surface area contributed by atoms with Crippen molar-refractivity contribution < 1.29 is 4.79 Å². The number of thioether (sulfide) groups is 1. The molecule has 4 rings (SSSR count). The molecule has 1 amide bonds. The van der Waals surface area contributed by atoms with Crippen LogP contribution in [0.15, 0.2) is 35.9 Å². The molecule has 1 aliphatic rings. The fourth-order valence-electron chi connectivity index (χ4n) is 2.75. The second-order valence-corrected chi connectivity index (χ2v) is 7.17. The van der Waals surface area contributed by atoms with Gasteiger partial charge in [0.15, 0.2) is 10.8 Å². The molecule has 1 fully saturated rings. The maximum Gasteiger partial charge on any atom is 0.233 e. The maximum absolute atomic E-state index is 12.5. The number of imidazole rings is 1. The fourth-order valence-corrected chi connectivity index (χ4v) is 3.69. The van der Waals surface area contributed by atoms with E-state index < -0.39 is 0 Å². The summed E-state index contributed by atoms with van der Waals surface area (Å²) in [4.78, 5) is 36.6. The molecule has 3 aromatic heterocycles. The lowest BCUT2D eigenvalue weighted by atomic mass is 10.3. The molecule has 4 heterocycles. The Balaban J connectivity index is 1.31. The first kappa shape index (κ1) is 17.0. The second-order valence-electron chi connectivity index (χ2n) is 5.77. The van der Waals surface area contributed by atoms with Gasteiger partial charge in [-0.3, -0.25) is 4.79 Å². The van der Waals surface area contributed by atoms with Crippen LogP contribution in [-0.4, -0.2) is 67.7 Å². The number of halogens is 1. The molecule has 0 aromatic carbocycles. The second kappa shape index (κ2) is 7.46. The average molecular weight is 390 g/mol. The molecule has 0 aliphatic carbocycles. The van der Waals surface area contributed by atoms with Crippen molar-refractivity contribution in [2.75, 3.05) is 36.8 Å². The molecular formula is C16H16ClN7OS. The molecule has 0 atom stereocenters. The summed E-state index contributed by atoms with van der Waals surface area (Å²) < 4.78 is 0. The van der Waals surface area contributed by atoms with Crippen LogP contribution < -0.4 is 4.90 Å². The van der Waals surface area contributed by atoms with Crippen LogP contribution in [0.3, 0.4) is 0 Å². The number of pyridine rings is 1. The van der Waals surface area contributed by atoms with E-state index in [0.717, 1.165) is 18.6 Å². The third-order valence-electron chi connectivity index (χ3n) is 4.08. The molecule has 8 nitrogen and oxygen atoms in total. The highest BCUT2D eigenvalue weighted by atomic mass is 35.5. The van der Waals surface area contributed by atoms with Gasteiger partial charge in [-0.15, -0.1) is 0 Å². The third-order valence-corrected chi connectivity index (χ3v) is 5.15. The number of fused-ring (bicyclic) bond motifs is 1. The largest absolute Gasteiger partial charge is 0.338 e. The summed E-state index contributed by atoms with van der Waals surface area (Å²) in [6.07, 6.45) is 5.01. The summed E-state index contributed by atoms with van der Waals surface area (Å²) in [5.74, 6) is 1.13. The zero-order valence-corrected chi connectivity index (χ0v) is 15.4. The molecule has 1 N–H and O–H groups in total. The highest BCUT2D eigenvalue weighted by Crippen LogP contribution is 2.21. The van der Waals surface area contributed by atoms with E-state index in [2.05, 4.69) is 29.8 Å². The normalized spacial score (nSPS) is 14.8. The minimum Gasteiger partial charge on any atom is -0.338 e. The van der Waals surface area contributed by atoms with Crippen molar-refractivity contribution in [3.05, 3.63) is 35.7 Å². The predicted molar refractivity (Wildman–Crippen MR) is 100 cm³/mol. The molecular weight excluding hydrogens is 374 g/mol. The van der Waals surface area contributed by atoms with Crippen LogP contribution in [0.5, 0.6) is 0 Å². The first-order valence-electron chi connectivity index (χ1n) is 8.13. The molecule has 3 aromatic rings. The van der Waals surface area contributed by atoms with Gasteiger partial charge in [0.05, 0.1) is 16.3 Å². The smallest absolute Gasteiger partial charge is 0.233 e. The summed E-state index contributed by atoms with van der Waals surface area (Å²) >= 11 is 7.29. The van der Waals surface area contributed by atoms with Gasteiger partial charge < -0.3 is 14.8 Å². The van der Waals surface area contributed by atoms with Gasteiger partial charge in [-0.05, 0) is 12.1 Å². The number of amides is 1. The summed E-state index contributed by atoms with van der Waals surface area (Å²) in [7, 11) is 0. The van der Waals surface area contributed by atoms with Gasteiger partial charge >= 0.3 is 0 Å². The topological polar surface area (TPSA) is 90.9 Å². The molecule has 0 bridgehead atoms. The van der Waals surface area contributed by atoms with Crippen molar-refractivity contribution in [1.82, 2.24) is 29.8 Å². The highest BCUT2D eigenvalue weighted by Gasteiger charge is 2.22. The van der Waals surface area contributed by atoms with Crippen LogP contribution >= 0.6 is 23.4 Å². The van der Waals surface area contributed by atoms with Crippen molar-refractivity contribution in [2.45, 2.75) is 5.16 Å².